The van der Waals surface area contributed by atoms with Crippen LogP contribution < -0.4 is 5.32 Å². The number of halogens is 1. The summed E-state index contributed by atoms with van der Waals surface area (Å²) in [7, 11) is 1.90. The summed E-state index contributed by atoms with van der Waals surface area (Å²) in [6, 6.07) is 10.3. The van der Waals surface area contributed by atoms with Gasteiger partial charge >= 0.3 is 0 Å². The topological polar surface area (TPSA) is 52.7 Å². The number of amides is 2. The van der Waals surface area contributed by atoms with E-state index in [4.69, 9.17) is 0 Å². The molecule has 0 bridgehead atoms. The van der Waals surface area contributed by atoms with Gasteiger partial charge in [-0.1, -0.05) is 30.3 Å². The van der Waals surface area contributed by atoms with Gasteiger partial charge in [-0.3, -0.25) is 9.59 Å². The molecule has 0 unspecified atom stereocenters. The van der Waals surface area contributed by atoms with Gasteiger partial charge in [0, 0.05) is 39.0 Å². The van der Waals surface area contributed by atoms with Crippen molar-refractivity contribution in [2.45, 2.75) is 32.1 Å². The fourth-order valence-corrected chi connectivity index (χ4v) is 3.03. The maximum atomic E-state index is 12.3. The summed E-state index contributed by atoms with van der Waals surface area (Å²) in [5.74, 6) is 0.426. The first kappa shape index (κ1) is 21.5. The monoisotopic (exact) mass is 367 g/mol. The molecule has 1 heterocycles. The Morgan fingerprint density at radius 1 is 0.920 bits per heavy atom. The van der Waals surface area contributed by atoms with Crippen LogP contribution in [0.25, 0.3) is 0 Å². The Kier molecular flexibility index (Phi) is 10.2. The molecule has 140 valence electrons. The van der Waals surface area contributed by atoms with Crippen molar-refractivity contribution in [3.8, 4) is 0 Å². The van der Waals surface area contributed by atoms with E-state index < -0.39 is 0 Å². The molecule has 0 saturated carbocycles. The maximum Gasteiger partial charge on any atom is 0.222 e. The van der Waals surface area contributed by atoms with E-state index in [1.54, 1.807) is 0 Å². The van der Waals surface area contributed by atoms with Gasteiger partial charge in [0.1, 0.15) is 0 Å². The molecule has 1 aliphatic rings. The third-order valence-electron chi connectivity index (χ3n) is 4.50. The van der Waals surface area contributed by atoms with Gasteiger partial charge in [0.2, 0.25) is 11.8 Å². The second-order valence-corrected chi connectivity index (χ2v) is 6.31. The highest BCUT2D eigenvalue weighted by molar-refractivity contribution is 5.85. The van der Waals surface area contributed by atoms with Gasteiger partial charge in [0.15, 0.2) is 0 Å². The average molecular weight is 368 g/mol. The van der Waals surface area contributed by atoms with E-state index in [1.807, 2.05) is 35.0 Å². The summed E-state index contributed by atoms with van der Waals surface area (Å²) < 4.78 is 0. The number of rotatable bonds is 8. The molecule has 0 spiro atoms. The Balaban J connectivity index is 0.00000312. The molecule has 25 heavy (non-hydrogen) atoms. The minimum Gasteiger partial charge on any atom is -0.339 e. The van der Waals surface area contributed by atoms with E-state index in [0.29, 0.717) is 39.0 Å². The first-order valence-corrected chi connectivity index (χ1v) is 8.95. The molecule has 2 rings (SSSR count). The molecule has 2 amide bonds. The van der Waals surface area contributed by atoms with E-state index in [9.17, 15) is 9.59 Å². The molecule has 1 aromatic rings. The standard InChI is InChI=1S/C19H29N3O2.ClH/c1-20-12-6-11-19(24)22-15-13-21(14-16-22)18(23)10-5-9-17-7-3-2-4-8-17;/h2-4,7-8,20H,5-6,9-16H2,1H3;1H. The van der Waals surface area contributed by atoms with E-state index in [2.05, 4.69) is 17.4 Å². The Bertz CT molecular complexity index is 517. The van der Waals surface area contributed by atoms with Crippen LogP contribution in [0.3, 0.4) is 0 Å². The number of hydrogen-bond acceptors (Lipinski definition) is 3. The van der Waals surface area contributed by atoms with E-state index >= 15 is 0 Å². The van der Waals surface area contributed by atoms with Gasteiger partial charge in [0.05, 0.1) is 0 Å². The van der Waals surface area contributed by atoms with Crippen LogP contribution in [0.1, 0.15) is 31.2 Å². The normalized spacial score (nSPS) is 14.1. The summed E-state index contributed by atoms with van der Waals surface area (Å²) in [5.41, 5.74) is 1.28. The molecule has 1 aromatic carbocycles. The number of carbonyl (C=O) groups excluding carboxylic acids is 2. The van der Waals surface area contributed by atoms with Crippen molar-refractivity contribution in [1.29, 1.82) is 0 Å². The molecule has 0 atom stereocenters. The van der Waals surface area contributed by atoms with Crippen LogP contribution in [0, 0.1) is 0 Å². The lowest BCUT2D eigenvalue weighted by molar-refractivity contribution is -0.139. The smallest absolute Gasteiger partial charge is 0.222 e. The van der Waals surface area contributed by atoms with E-state index in [1.165, 1.54) is 5.56 Å². The van der Waals surface area contributed by atoms with Crippen molar-refractivity contribution in [1.82, 2.24) is 15.1 Å². The minimum atomic E-state index is 0. The molecule has 5 nitrogen and oxygen atoms in total. The van der Waals surface area contributed by atoms with Crippen molar-refractivity contribution in [3.05, 3.63) is 35.9 Å². The number of carbonyl (C=O) groups is 2. The first-order valence-electron chi connectivity index (χ1n) is 8.95. The zero-order valence-corrected chi connectivity index (χ0v) is 15.9. The predicted octanol–water partition coefficient (Wildman–Crippen LogP) is 2.10. The van der Waals surface area contributed by atoms with E-state index in [-0.39, 0.29) is 24.2 Å². The second kappa shape index (κ2) is 11.9. The zero-order valence-electron chi connectivity index (χ0n) is 15.1. The summed E-state index contributed by atoms with van der Waals surface area (Å²) in [6.07, 6.45) is 3.87. The first-order chi connectivity index (χ1) is 11.7. The highest BCUT2D eigenvalue weighted by Gasteiger charge is 2.23. The van der Waals surface area contributed by atoms with Crippen LogP contribution in [0.5, 0.6) is 0 Å². The molecule has 1 fully saturated rings. The van der Waals surface area contributed by atoms with Crippen molar-refractivity contribution in [2.24, 2.45) is 0 Å². The third-order valence-corrected chi connectivity index (χ3v) is 4.50. The molecular weight excluding hydrogens is 338 g/mol. The third kappa shape index (κ3) is 7.45. The summed E-state index contributed by atoms with van der Waals surface area (Å²) >= 11 is 0. The van der Waals surface area contributed by atoms with Crippen LogP contribution in [0.2, 0.25) is 0 Å². The Hall–Kier alpha value is -1.59. The van der Waals surface area contributed by atoms with Crippen LogP contribution in [-0.2, 0) is 16.0 Å². The lowest BCUT2D eigenvalue weighted by Gasteiger charge is -2.35. The van der Waals surface area contributed by atoms with Gasteiger partial charge < -0.3 is 15.1 Å². The Labute approximate surface area is 157 Å². The SMILES string of the molecule is CNCCCC(=O)N1CCN(C(=O)CCCc2ccccc2)CC1.Cl. The number of benzene rings is 1. The summed E-state index contributed by atoms with van der Waals surface area (Å²) in [4.78, 5) is 28.2. The van der Waals surface area contributed by atoms with Gasteiger partial charge in [-0.25, -0.2) is 0 Å². The molecule has 0 aromatic heterocycles. The number of hydrogen-bond donors (Lipinski definition) is 1. The zero-order chi connectivity index (χ0) is 17.2. The second-order valence-electron chi connectivity index (χ2n) is 6.31. The molecule has 0 aliphatic carbocycles. The van der Waals surface area contributed by atoms with Crippen molar-refractivity contribution in [3.63, 3.8) is 0 Å². The van der Waals surface area contributed by atoms with Gasteiger partial charge in [0.25, 0.3) is 0 Å². The van der Waals surface area contributed by atoms with Crippen LogP contribution in [-0.4, -0.2) is 61.4 Å². The molecule has 6 heteroatoms. The quantitative estimate of drug-likeness (QED) is 0.716. The van der Waals surface area contributed by atoms with E-state index in [0.717, 1.165) is 25.8 Å². The van der Waals surface area contributed by atoms with Crippen LogP contribution in [0.15, 0.2) is 30.3 Å². The fourth-order valence-electron chi connectivity index (χ4n) is 3.03. The highest BCUT2D eigenvalue weighted by Crippen LogP contribution is 2.10. The Morgan fingerprint density at radius 3 is 1.96 bits per heavy atom. The van der Waals surface area contributed by atoms with Crippen LogP contribution >= 0.6 is 12.4 Å². The molecule has 1 saturated heterocycles. The fraction of sp³-hybridized carbons (Fsp3) is 0.579. The predicted molar refractivity (Wildman–Crippen MR) is 103 cm³/mol. The lowest BCUT2D eigenvalue weighted by Crippen LogP contribution is -2.50. The highest BCUT2D eigenvalue weighted by atomic mass is 35.5. The maximum absolute atomic E-state index is 12.3. The number of nitrogens with zero attached hydrogens (tertiary/aromatic N) is 2. The molecule has 1 aliphatic heterocycles. The van der Waals surface area contributed by atoms with Gasteiger partial charge in [-0.2, -0.15) is 0 Å². The summed E-state index contributed by atoms with van der Waals surface area (Å²) in [6.45, 7) is 3.54. The molecule has 1 N–H and O–H groups in total. The number of nitrogens with one attached hydrogen (secondary N) is 1. The van der Waals surface area contributed by atoms with Crippen molar-refractivity contribution < 1.29 is 9.59 Å². The summed E-state index contributed by atoms with van der Waals surface area (Å²) in [5, 5.41) is 3.06. The number of piperazine rings is 1. The lowest BCUT2D eigenvalue weighted by atomic mass is 10.1. The largest absolute Gasteiger partial charge is 0.339 e. The minimum absolute atomic E-state index is 0. The Morgan fingerprint density at radius 2 is 1.44 bits per heavy atom. The van der Waals surface area contributed by atoms with Crippen molar-refractivity contribution >= 4 is 24.2 Å². The molecule has 0 radical (unpaired) electrons. The van der Waals surface area contributed by atoms with Gasteiger partial charge in [-0.15, -0.1) is 12.4 Å². The number of aryl methyl sites for hydroxylation is 1. The van der Waals surface area contributed by atoms with Crippen molar-refractivity contribution in [2.75, 3.05) is 39.8 Å². The van der Waals surface area contributed by atoms with Gasteiger partial charge in [-0.05, 0) is 38.4 Å². The average Bonchev–Trinajstić information content (AvgIpc) is 2.63. The molecular formula is C19H30ClN3O2. The van der Waals surface area contributed by atoms with Crippen LogP contribution in [0.4, 0.5) is 0 Å².